The van der Waals surface area contributed by atoms with Crippen molar-refractivity contribution in [1.82, 2.24) is 0 Å². The van der Waals surface area contributed by atoms with E-state index in [0.717, 1.165) is 24.3 Å². The van der Waals surface area contributed by atoms with Gasteiger partial charge >= 0.3 is 0 Å². The van der Waals surface area contributed by atoms with Crippen LogP contribution >= 0.6 is 11.8 Å². The number of rotatable bonds is 2. The molecule has 0 amide bonds. The maximum atomic E-state index is 9.97. The molecule has 2 nitrogen and oxygen atoms in total. The zero-order valence-electron chi connectivity index (χ0n) is 8.94. The number of hydrogen-bond donors (Lipinski definition) is 2. The van der Waals surface area contributed by atoms with E-state index in [4.69, 9.17) is 0 Å². The minimum absolute atomic E-state index is 0.200. The lowest BCUT2D eigenvalue weighted by Crippen LogP contribution is -2.33. The Bertz CT molecular complexity index is 329. The molecule has 0 bridgehead atoms. The van der Waals surface area contributed by atoms with Crippen LogP contribution in [0.2, 0.25) is 0 Å². The maximum Gasteiger partial charge on any atom is 0.0834 e. The van der Waals surface area contributed by atoms with Gasteiger partial charge in [-0.1, -0.05) is 25.5 Å². The summed E-state index contributed by atoms with van der Waals surface area (Å²) in [5, 5.41) is 13.4. The van der Waals surface area contributed by atoms with Gasteiger partial charge in [0.1, 0.15) is 0 Å². The third-order valence-corrected chi connectivity index (χ3v) is 3.88. The standard InChI is InChI=1S/C12H17NOS/c1-2-5-9-11(14)8-15-12-7-4-3-6-10(12)13-9/h3-4,6-7,9,11,13-14H,2,5,8H2,1H3/t9-,11-/m1/s1. The molecule has 0 spiro atoms. The molecule has 1 aromatic carbocycles. The van der Waals surface area contributed by atoms with Crippen LogP contribution in [0.3, 0.4) is 0 Å². The van der Waals surface area contributed by atoms with Crippen LogP contribution in [0.25, 0.3) is 0 Å². The van der Waals surface area contributed by atoms with Crippen LogP contribution in [0, 0.1) is 0 Å². The van der Waals surface area contributed by atoms with Crippen molar-refractivity contribution in [2.45, 2.75) is 36.8 Å². The van der Waals surface area contributed by atoms with Gasteiger partial charge in [0, 0.05) is 16.3 Å². The van der Waals surface area contributed by atoms with Gasteiger partial charge in [-0.3, -0.25) is 0 Å². The first-order valence-corrected chi connectivity index (χ1v) is 6.46. The van der Waals surface area contributed by atoms with Crippen molar-refractivity contribution in [3.05, 3.63) is 24.3 Å². The third kappa shape index (κ3) is 2.47. The van der Waals surface area contributed by atoms with Gasteiger partial charge in [-0.2, -0.15) is 0 Å². The molecule has 1 aliphatic rings. The Morgan fingerprint density at radius 2 is 2.27 bits per heavy atom. The SMILES string of the molecule is CCC[C@H]1Nc2ccccc2SC[C@H]1O. The van der Waals surface area contributed by atoms with Crippen LogP contribution in [0.15, 0.2) is 29.2 Å². The molecule has 15 heavy (non-hydrogen) atoms. The Labute approximate surface area is 95.1 Å². The Morgan fingerprint density at radius 1 is 1.47 bits per heavy atom. The van der Waals surface area contributed by atoms with Gasteiger partial charge < -0.3 is 10.4 Å². The van der Waals surface area contributed by atoms with Crippen molar-refractivity contribution in [1.29, 1.82) is 0 Å². The van der Waals surface area contributed by atoms with E-state index in [1.54, 1.807) is 11.8 Å². The summed E-state index contributed by atoms with van der Waals surface area (Å²) in [6.45, 7) is 2.15. The average molecular weight is 223 g/mol. The largest absolute Gasteiger partial charge is 0.390 e. The van der Waals surface area contributed by atoms with Crippen molar-refractivity contribution in [3.63, 3.8) is 0 Å². The number of nitrogens with one attached hydrogen (secondary N) is 1. The second-order valence-electron chi connectivity index (χ2n) is 3.91. The molecule has 0 unspecified atom stereocenters. The molecule has 2 rings (SSSR count). The van der Waals surface area contributed by atoms with Crippen LogP contribution in [0.1, 0.15) is 19.8 Å². The van der Waals surface area contributed by atoms with E-state index in [1.807, 2.05) is 12.1 Å². The molecule has 0 fully saturated rings. The minimum atomic E-state index is -0.248. The highest BCUT2D eigenvalue weighted by atomic mass is 32.2. The summed E-state index contributed by atoms with van der Waals surface area (Å²) in [5.74, 6) is 0.786. The van der Waals surface area contributed by atoms with Gasteiger partial charge in [-0.05, 0) is 18.6 Å². The monoisotopic (exact) mass is 223 g/mol. The fourth-order valence-electron chi connectivity index (χ4n) is 1.87. The van der Waals surface area contributed by atoms with Crippen LogP contribution in [-0.4, -0.2) is 23.0 Å². The highest BCUT2D eigenvalue weighted by Gasteiger charge is 2.22. The summed E-state index contributed by atoms with van der Waals surface area (Å²) in [6, 6.07) is 8.47. The lowest BCUT2D eigenvalue weighted by Gasteiger charge is -2.21. The molecule has 0 radical (unpaired) electrons. The van der Waals surface area contributed by atoms with Crippen LogP contribution in [0.5, 0.6) is 0 Å². The highest BCUT2D eigenvalue weighted by Crippen LogP contribution is 2.32. The van der Waals surface area contributed by atoms with Gasteiger partial charge in [-0.15, -0.1) is 11.8 Å². The topological polar surface area (TPSA) is 32.3 Å². The quantitative estimate of drug-likeness (QED) is 0.808. The number of hydrogen-bond acceptors (Lipinski definition) is 3. The first kappa shape index (κ1) is 10.8. The van der Waals surface area contributed by atoms with Crippen LogP contribution < -0.4 is 5.32 Å². The van der Waals surface area contributed by atoms with Crippen molar-refractivity contribution in [3.8, 4) is 0 Å². The Balaban J connectivity index is 2.19. The molecule has 0 aliphatic carbocycles. The Kier molecular flexibility index (Phi) is 3.54. The summed E-state index contributed by atoms with van der Waals surface area (Å²) in [4.78, 5) is 1.25. The molecule has 1 aromatic rings. The van der Waals surface area contributed by atoms with Gasteiger partial charge in [0.15, 0.2) is 0 Å². The molecule has 1 aliphatic heterocycles. The predicted octanol–water partition coefficient (Wildman–Crippen LogP) is 2.73. The number of thioether (sulfide) groups is 1. The molecular weight excluding hydrogens is 206 g/mol. The molecule has 3 heteroatoms. The highest BCUT2D eigenvalue weighted by molar-refractivity contribution is 7.99. The van der Waals surface area contributed by atoms with Gasteiger partial charge in [0.25, 0.3) is 0 Å². The number of aliphatic hydroxyl groups excluding tert-OH is 1. The number of para-hydroxylation sites is 1. The summed E-state index contributed by atoms with van der Waals surface area (Å²) in [5.41, 5.74) is 1.16. The summed E-state index contributed by atoms with van der Waals surface area (Å²) in [7, 11) is 0. The van der Waals surface area contributed by atoms with E-state index in [9.17, 15) is 5.11 Å². The lowest BCUT2D eigenvalue weighted by molar-refractivity contribution is 0.172. The second kappa shape index (κ2) is 4.90. The second-order valence-corrected chi connectivity index (χ2v) is 4.98. The predicted molar refractivity (Wildman–Crippen MR) is 65.5 cm³/mol. The lowest BCUT2D eigenvalue weighted by atomic mass is 10.1. The normalized spacial score (nSPS) is 25.2. The maximum absolute atomic E-state index is 9.97. The Morgan fingerprint density at radius 3 is 3.07 bits per heavy atom. The average Bonchev–Trinajstić information content (AvgIpc) is 2.41. The van der Waals surface area contributed by atoms with E-state index in [0.29, 0.717) is 0 Å². The summed E-state index contributed by atoms with van der Waals surface area (Å²) in [6.07, 6.45) is 1.87. The molecule has 82 valence electrons. The third-order valence-electron chi connectivity index (χ3n) is 2.70. The summed E-state index contributed by atoms with van der Waals surface area (Å²) >= 11 is 1.73. The molecule has 0 saturated carbocycles. The number of aliphatic hydroxyl groups is 1. The van der Waals surface area contributed by atoms with Crippen LogP contribution in [-0.2, 0) is 0 Å². The Hall–Kier alpha value is -0.670. The fraction of sp³-hybridized carbons (Fsp3) is 0.500. The van der Waals surface area contributed by atoms with Gasteiger partial charge in [0.05, 0.1) is 12.1 Å². The first-order valence-electron chi connectivity index (χ1n) is 5.47. The van der Waals surface area contributed by atoms with E-state index in [2.05, 4.69) is 24.4 Å². The zero-order valence-corrected chi connectivity index (χ0v) is 9.76. The zero-order chi connectivity index (χ0) is 10.7. The van der Waals surface area contributed by atoms with E-state index in [-0.39, 0.29) is 12.1 Å². The first-order chi connectivity index (χ1) is 7.31. The van der Waals surface area contributed by atoms with Crippen molar-refractivity contribution in [2.75, 3.05) is 11.1 Å². The fourth-order valence-corrected chi connectivity index (χ4v) is 2.91. The van der Waals surface area contributed by atoms with E-state index >= 15 is 0 Å². The number of anilines is 1. The molecule has 0 aromatic heterocycles. The molecule has 2 N–H and O–H groups in total. The molecular formula is C12H17NOS. The van der Waals surface area contributed by atoms with E-state index in [1.165, 1.54) is 4.90 Å². The van der Waals surface area contributed by atoms with Crippen molar-refractivity contribution >= 4 is 17.4 Å². The smallest absolute Gasteiger partial charge is 0.0834 e. The molecule has 0 saturated heterocycles. The van der Waals surface area contributed by atoms with Crippen LogP contribution in [0.4, 0.5) is 5.69 Å². The summed E-state index contributed by atoms with van der Waals surface area (Å²) < 4.78 is 0. The van der Waals surface area contributed by atoms with Crippen molar-refractivity contribution in [2.24, 2.45) is 0 Å². The molecule has 2 atom stereocenters. The van der Waals surface area contributed by atoms with Gasteiger partial charge in [-0.25, -0.2) is 0 Å². The van der Waals surface area contributed by atoms with E-state index < -0.39 is 0 Å². The number of benzene rings is 1. The number of fused-ring (bicyclic) bond motifs is 1. The molecule has 1 heterocycles. The van der Waals surface area contributed by atoms with Crippen molar-refractivity contribution < 1.29 is 5.11 Å². The minimum Gasteiger partial charge on any atom is -0.390 e. The van der Waals surface area contributed by atoms with Gasteiger partial charge in [0.2, 0.25) is 0 Å².